The van der Waals surface area contributed by atoms with Gasteiger partial charge >= 0.3 is 0 Å². The first kappa shape index (κ1) is 12.6. The van der Waals surface area contributed by atoms with Crippen LogP contribution < -0.4 is 0 Å². The maximum absolute atomic E-state index is 4.73. The molecule has 2 aromatic carbocycles. The second-order valence-corrected chi connectivity index (χ2v) is 6.36. The summed E-state index contributed by atoms with van der Waals surface area (Å²) in [7, 11) is 0. The summed E-state index contributed by atoms with van der Waals surface area (Å²) >= 11 is 1.60. The van der Waals surface area contributed by atoms with Gasteiger partial charge in [0.15, 0.2) is 0 Å². The molecule has 0 aliphatic carbocycles. The summed E-state index contributed by atoms with van der Waals surface area (Å²) in [6.07, 6.45) is 3.94. The number of nitrogens with zero attached hydrogens (tertiary/aromatic N) is 3. The van der Waals surface area contributed by atoms with Crippen molar-refractivity contribution in [3.05, 3.63) is 67.0 Å². The van der Waals surface area contributed by atoms with Crippen LogP contribution in [0.25, 0.3) is 37.7 Å². The summed E-state index contributed by atoms with van der Waals surface area (Å²) < 4.78 is 1.86. The van der Waals surface area contributed by atoms with Gasteiger partial charge in [-0.15, -0.1) is 0 Å². The molecule has 0 fully saturated rings. The zero-order chi connectivity index (χ0) is 15.2. The van der Waals surface area contributed by atoms with Gasteiger partial charge in [0.2, 0.25) is 4.96 Å². The number of benzene rings is 2. The molecule has 0 aliphatic heterocycles. The first-order valence-electron chi connectivity index (χ1n) is 7.36. The largest absolute Gasteiger partial charge is 0.361 e. The molecule has 0 atom stereocenters. The number of imidazole rings is 1. The number of nitrogens with one attached hydrogen (secondary N) is 1. The number of aromatic nitrogens is 4. The van der Waals surface area contributed by atoms with Crippen LogP contribution in [0.3, 0.4) is 0 Å². The first-order valence-corrected chi connectivity index (χ1v) is 8.18. The van der Waals surface area contributed by atoms with E-state index in [9.17, 15) is 0 Å². The van der Waals surface area contributed by atoms with Crippen LogP contribution in [0.2, 0.25) is 0 Å². The summed E-state index contributed by atoms with van der Waals surface area (Å²) in [5.74, 6) is 0. The van der Waals surface area contributed by atoms with Crippen LogP contribution in [0, 0.1) is 0 Å². The van der Waals surface area contributed by atoms with Crippen LogP contribution in [0.1, 0.15) is 0 Å². The second kappa shape index (κ2) is 4.79. The Kier molecular flexibility index (Phi) is 2.63. The minimum Gasteiger partial charge on any atom is -0.361 e. The predicted octanol–water partition coefficient (Wildman–Crippen LogP) is 4.61. The van der Waals surface area contributed by atoms with Gasteiger partial charge in [0.1, 0.15) is 5.01 Å². The van der Waals surface area contributed by atoms with E-state index in [1.54, 1.807) is 11.3 Å². The molecule has 3 heterocycles. The van der Waals surface area contributed by atoms with Crippen LogP contribution in [0.15, 0.2) is 67.0 Å². The van der Waals surface area contributed by atoms with E-state index < -0.39 is 0 Å². The van der Waals surface area contributed by atoms with Gasteiger partial charge in [0, 0.05) is 22.8 Å². The highest BCUT2D eigenvalue weighted by molar-refractivity contribution is 7.19. The minimum absolute atomic E-state index is 0.908. The van der Waals surface area contributed by atoms with Crippen LogP contribution in [-0.4, -0.2) is 19.6 Å². The number of H-pyrrole nitrogens is 1. The van der Waals surface area contributed by atoms with Crippen molar-refractivity contribution < 1.29 is 0 Å². The van der Waals surface area contributed by atoms with Crippen molar-refractivity contribution in [2.24, 2.45) is 0 Å². The first-order chi connectivity index (χ1) is 11.4. The highest BCUT2D eigenvalue weighted by Gasteiger charge is 2.11. The van der Waals surface area contributed by atoms with E-state index in [-0.39, 0.29) is 0 Å². The molecule has 0 saturated carbocycles. The third-order valence-corrected chi connectivity index (χ3v) is 4.89. The fourth-order valence-electron chi connectivity index (χ4n) is 2.74. The maximum Gasteiger partial charge on any atom is 0.213 e. The highest BCUT2D eigenvalue weighted by atomic mass is 32.1. The average molecular weight is 316 g/mol. The SMILES string of the molecule is c1ccc(-c2nn3cc(-c4ccc5cc[nH]c5c4)nc3s2)cc1. The average Bonchev–Trinajstić information content (AvgIpc) is 3.28. The van der Waals surface area contributed by atoms with Gasteiger partial charge in [0.25, 0.3) is 0 Å². The molecule has 5 rings (SSSR count). The van der Waals surface area contributed by atoms with Crippen molar-refractivity contribution in [1.82, 2.24) is 19.6 Å². The third kappa shape index (κ3) is 2.05. The molecular formula is C18H12N4S. The Bertz CT molecular complexity index is 1090. The Morgan fingerprint density at radius 1 is 0.957 bits per heavy atom. The molecule has 5 heteroatoms. The molecule has 0 amide bonds. The Hall–Kier alpha value is -2.92. The Morgan fingerprint density at radius 3 is 2.74 bits per heavy atom. The van der Waals surface area contributed by atoms with E-state index in [4.69, 9.17) is 4.98 Å². The molecule has 0 spiro atoms. The fraction of sp³-hybridized carbons (Fsp3) is 0. The van der Waals surface area contributed by atoms with Crippen LogP contribution in [0.4, 0.5) is 0 Å². The number of hydrogen-bond acceptors (Lipinski definition) is 3. The summed E-state index contributed by atoms with van der Waals surface area (Å²) in [6, 6.07) is 18.6. The summed E-state index contributed by atoms with van der Waals surface area (Å²) in [4.78, 5) is 8.87. The Balaban J connectivity index is 1.59. The molecule has 0 unspecified atom stereocenters. The normalized spacial score (nSPS) is 11.5. The molecule has 0 radical (unpaired) electrons. The van der Waals surface area contributed by atoms with Crippen LogP contribution >= 0.6 is 11.3 Å². The van der Waals surface area contributed by atoms with Gasteiger partial charge in [0.05, 0.1) is 11.9 Å². The van der Waals surface area contributed by atoms with E-state index in [2.05, 4.69) is 46.5 Å². The van der Waals surface area contributed by atoms with Crippen molar-refractivity contribution in [2.45, 2.75) is 0 Å². The summed E-state index contributed by atoms with van der Waals surface area (Å²) in [6.45, 7) is 0. The molecule has 1 N–H and O–H groups in total. The van der Waals surface area contributed by atoms with Gasteiger partial charge in [-0.3, -0.25) is 0 Å². The molecular weight excluding hydrogens is 304 g/mol. The van der Waals surface area contributed by atoms with Gasteiger partial charge in [-0.05, 0) is 17.5 Å². The molecule has 0 bridgehead atoms. The summed E-state index contributed by atoms with van der Waals surface area (Å²) in [5.41, 5.74) is 4.29. The predicted molar refractivity (Wildman–Crippen MR) is 93.6 cm³/mol. The number of rotatable bonds is 2. The molecule has 110 valence electrons. The Morgan fingerprint density at radius 2 is 1.87 bits per heavy atom. The minimum atomic E-state index is 0.908. The quantitative estimate of drug-likeness (QED) is 0.517. The zero-order valence-corrected chi connectivity index (χ0v) is 12.9. The van der Waals surface area contributed by atoms with Gasteiger partial charge in [-0.25, -0.2) is 9.50 Å². The molecule has 4 nitrogen and oxygen atoms in total. The smallest absolute Gasteiger partial charge is 0.213 e. The van der Waals surface area contributed by atoms with Crippen molar-refractivity contribution in [3.8, 4) is 21.8 Å². The van der Waals surface area contributed by atoms with E-state index in [0.717, 1.165) is 32.3 Å². The molecule has 0 saturated heterocycles. The number of aromatic amines is 1. The van der Waals surface area contributed by atoms with Crippen molar-refractivity contribution in [1.29, 1.82) is 0 Å². The lowest BCUT2D eigenvalue weighted by atomic mass is 10.1. The third-order valence-electron chi connectivity index (χ3n) is 3.91. The van der Waals surface area contributed by atoms with Crippen molar-refractivity contribution in [2.75, 3.05) is 0 Å². The zero-order valence-electron chi connectivity index (χ0n) is 12.1. The number of fused-ring (bicyclic) bond motifs is 2. The van der Waals surface area contributed by atoms with E-state index >= 15 is 0 Å². The lowest BCUT2D eigenvalue weighted by Gasteiger charge is -1.97. The van der Waals surface area contributed by atoms with Crippen molar-refractivity contribution in [3.63, 3.8) is 0 Å². The highest BCUT2D eigenvalue weighted by Crippen LogP contribution is 2.28. The lowest BCUT2D eigenvalue weighted by Crippen LogP contribution is -1.82. The van der Waals surface area contributed by atoms with Gasteiger partial charge in [-0.1, -0.05) is 53.8 Å². The topological polar surface area (TPSA) is 46.0 Å². The van der Waals surface area contributed by atoms with E-state index in [1.807, 2.05) is 35.1 Å². The standard InChI is InChI=1S/C18H12N4S/c1-2-4-13(5-3-1)17-21-22-11-16(20-18(22)23-17)14-7-6-12-8-9-19-15(12)10-14/h1-11,19H. The molecule has 0 aliphatic rings. The van der Waals surface area contributed by atoms with E-state index in [0.29, 0.717) is 0 Å². The van der Waals surface area contributed by atoms with Gasteiger partial charge < -0.3 is 4.98 Å². The Labute approximate surface area is 136 Å². The van der Waals surface area contributed by atoms with Crippen LogP contribution in [-0.2, 0) is 0 Å². The molecule has 23 heavy (non-hydrogen) atoms. The van der Waals surface area contributed by atoms with E-state index in [1.165, 1.54) is 5.39 Å². The lowest BCUT2D eigenvalue weighted by molar-refractivity contribution is 0.978. The molecule has 3 aromatic heterocycles. The maximum atomic E-state index is 4.73. The van der Waals surface area contributed by atoms with Crippen LogP contribution in [0.5, 0.6) is 0 Å². The molecule has 5 aromatic rings. The van der Waals surface area contributed by atoms with Crippen molar-refractivity contribution >= 4 is 27.2 Å². The second-order valence-electron chi connectivity index (χ2n) is 5.41. The van der Waals surface area contributed by atoms with Gasteiger partial charge in [-0.2, -0.15) is 5.10 Å². The number of hydrogen-bond donors (Lipinski definition) is 1. The monoisotopic (exact) mass is 316 g/mol. The summed E-state index contributed by atoms with van der Waals surface area (Å²) in [5, 5.41) is 6.84. The fourth-order valence-corrected chi connectivity index (χ4v) is 3.63.